The Morgan fingerprint density at radius 2 is 1.55 bits per heavy atom. The van der Waals surface area contributed by atoms with E-state index in [9.17, 15) is 14.4 Å². The van der Waals surface area contributed by atoms with Gasteiger partial charge in [0.05, 0.1) is 6.54 Å². The molecule has 0 aliphatic heterocycles. The Morgan fingerprint density at radius 3 is 2.14 bits per heavy atom. The molecule has 0 atom stereocenters. The first-order valence-electron chi connectivity index (χ1n) is 9.00. The third-order valence-corrected chi connectivity index (χ3v) is 4.09. The molecule has 3 amide bonds. The van der Waals surface area contributed by atoms with Gasteiger partial charge in [-0.1, -0.05) is 44.5 Å². The van der Waals surface area contributed by atoms with Crippen molar-refractivity contribution in [3.63, 3.8) is 0 Å². The van der Waals surface area contributed by atoms with Crippen molar-refractivity contribution in [2.24, 2.45) is 5.41 Å². The lowest BCUT2D eigenvalue weighted by atomic mass is 9.96. The zero-order chi connectivity index (χ0) is 21.4. The number of carbonyl (C=O) groups excluding carboxylic acids is 3. The lowest BCUT2D eigenvalue weighted by Crippen LogP contribution is -2.47. The Bertz CT molecular complexity index is 859. The van der Waals surface area contributed by atoms with Crippen LogP contribution in [-0.2, 0) is 16.2 Å². The van der Waals surface area contributed by atoms with Gasteiger partial charge < -0.3 is 10.1 Å². The standard InChI is InChI=1S/C21H24ClN3O4/c1-21(2,3)20(28)23-12-18(26)24-25-19(27)15-6-4-14(5-7-15)13-29-17-10-8-16(22)9-11-17/h4-11H,12-13H2,1-3H3,(H,23,28)(H,24,26)(H,25,27). The molecule has 0 spiro atoms. The fourth-order valence-electron chi connectivity index (χ4n) is 2.12. The quantitative estimate of drug-likeness (QED) is 0.629. The van der Waals surface area contributed by atoms with E-state index in [0.29, 0.717) is 22.9 Å². The number of carbonyl (C=O) groups is 3. The number of rotatable bonds is 6. The van der Waals surface area contributed by atoms with Crippen LogP contribution in [0.3, 0.4) is 0 Å². The normalized spacial score (nSPS) is 10.8. The Balaban J connectivity index is 1.77. The summed E-state index contributed by atoms with van der Waals surface area (Å²) in [6.07, 6.45) is 0. The lowest BCUT2D eigenvalue weighted by molar-refractivity contribution is -0.131. The summed E-state index contributed by atoms with van der Waals surface area (Å²) >= 11 is 5.83. The van der Waals surface area contributed by atoms with Crippen LogP contribution < -0.4 is 20.9 Å². The number of hydrogen-bond acceptors (Lipinski definition) is 4. The first-order chi connectivity index (χ1) is 13.6. The van der Waals surface area contributed by atoms with Crippen LogP contribution in [0.5, 0.6) is 5.75 Å². The summed E-state index contributed by atoms with van der Waals surface area (Å²) in [6.45, 7) is 5.34. The number of nitrogens with one attached hydrogen (secondary N) is 3. The minimum Gasteiger partial charge on any atom is -0.489 e. The van der Waals surface area contributed by atoms with Gasteiger partial charge in [0.25, 0.3) is 11.8 Å². The maximum absolute atomic E-state index is 12.1. The number of halogens is 1. The van der Waals surface area contributed by atoms with Gasteiger partial charge in [-0.05, 0) is 42.0 Å². The fourth-order valence-corrected chi connectivity index (χ4v) is 2.24. The van der Waals surface area contributed by atoms with E-state index in [-0.39, 0.29) is 12.5 Å². The molecule has 2 aromatic carbocycles. The minimum absolute atomic E-state index is 0.225. The predicted octanol–water partition coefficient (Wildman–Crippen LogP) is 2.84. The van der Waals surface area contributed by atoms with E-state index in [1.54, 1.807) is 69.3 Å². The number of hydrazine groups is 1. The highest BCUT2D eigenvalue weighted by molar-refractivity contribution is 6.30. The van der Waals surface area contributed by atoms with Gasteiger partial charge in [-0.25, -0.2) is 0 Å². The van der Waals surface area contributed by atoms with Crippen LogP contribution in [0.1, 0.15) is 36.7 Å². The smallest absolute Gasteiger partial charge is 0.269 e. The third-order valence-electron chi connectivity index (χ3n) is 3.84. The van der Waals surface area contributed by atoms with Gasteiger partial charge in [-0.3, -0.25) is 25.2 Å². The number of hydrogen-bond donors (Lipinski definition) is 3. The van der Waals surface area contributed by atoms with Crippen molar-refractivity contribution < 1.29 is 19.1 Å². The Morgan fingerprint density at radius 1 is 0.931 bits per heavy atom. The molecule has 0 unspecified atom stereocenters. The number of ether oxygens (including phenoxy) is 1. The summed E-state index contributed by atoms with van der Waals surface area (Å²) in [6, 6.07) is 13.8. The highest BCUT2D eigenvalue weighted by Gasteiger charge is 2.21. The monoisotopic (exact) mass is 417 g/mol. The summed E-state index contributed by atoms with van der Waals surface area (Å²) in [5.41, 5.74) is 5.23. The van der Waals surface area contributed by atoms with Crippen molar-refractivity contribution in [1.82, 2.24) is 16.2 Å². The highest BCUT2D eigenvalue weighted by Crippen LogP contribution is 2.17. The van der Waals surface area contributed by atoms with Gasteiger partial charge in [-0.2, -0.15) is 0 Å². The van der Waals surface area contributed by atoms with Crippen molar-refractivity contribution in [3.8, 4) is 5.75 Å². The molecule has 0 aliphatic rings. The summed E-state index contributed by atoms with van der Waals surface area (Å²) < 4.78 is 5.65. The fraction of sp³-hybridized carbons (Fsp3) is 0.286. The first kappa shape index (κ1) is 22.2. The van der Waals surface area contributed by atoms with Crippen molar-refractivity contribution >= 4 is 29.3 Å². The molecule has 154 valence electrons. The number of benzene rings is 2. The van der Waals surface area contributed by atoms with Gasteiger partial charge in [-0.15, -0.1) is 0 Å². The Labute approximate surface area is 174 Å². The molecule has 0 bridgehead atoms. The van der Waals surface area contributed by atoms with Crippen LogP contribution in [0.2, 0.25) is 5.02 Å². The average molecular weight is 418 g/mol. The summed E-state index contributed by atoms with van der Waals surface area (Å²) in [4.78, 5) is 35.6. The van der Waals surface area contributed by atoms with E-state index >= 15 is 0 Å². The molecule has 8 heteroatoms. The maximum Gasteiger partial charge on any atom is 0.269 e. The van der Waals surface area contributed by atoms with Crippen LogP contribution in [0.15, 0.2) is 48.5 Å². The van der Waals surface area contributed by atoms with E-state index in [1.165, 1.54) is 0 Å². The van der Waals surface area contributed by atoms with Crippen LogP contribution in [0, 0.1) is 5.41 Å². The zero-order valence-electron chi connectivity index (χ0n) is 16.5. The molecule has 0 radical (unpaired) electrons. The zero-order valence-corrected chi connectivity index (χ0v) is 17.3. The summed E-state index contributed by atoms with van der Waals surface area (Å²) in [5, 5.41) is 3.14. The molecule has 0 fully saturated rings. The van der Waals surface area contributed by atoms with Crippen molar-refractivity contribution in [2.75, 3.05) is 6.54 Å². The van der Waals surface area contributed by atoms with Gasteiger partial charge >= 0.3 is 0 Å². The van der Waals surface area contributed by atoms with E-state index in [4.69, 9.17) is 16.3 Å². The topological polar surface area (TPSA) is 96.5 Å². The average Bonchev–Trinajstić information content (AvgIpc) is 2.69. The molecule has 3 N–H and O–H groups in total. The van der Waals surface area contributed by atoms with Crippen molar-refractivity contribution in [2.45, 2.75) is 27.4 Å². The van der Waals surface area contributed by atoms with Crippen LogP contribution in [0.25, 0.3) is 0 Å². The predicted molar refractivity (Wildman–Crippen MR) is 110 cm³/mol. The third kappa shape index (κ3) is 7.46. The maximum atomic E-state index is 12.1. The Kier molecular flexibility index (Phi) is 7.61. The van der Waals surface area contributed by atoms with E-state index in [0.717, 1.165) is 5.56 Å². The lowest BCUT2D eigenvalue weighted by Gasteiger charge is -2.17. The van der Waals surface area contributed by atoms with Gasteiger partial charge in [0, 0.05) is 16.0 Å². The Hall–Kier alpha value is -3.06. The molecular formula is C21H24ClN3O4. The second kappa shape index (κ2) is 9.93. The molecule has 29 heavy (non-hydrogen) atoms. The van der Waals surface area contributed by atoms with Crippen molar-refractivity contribution in [1.29, 1.82) is 0 Å². The van der Waals surface area contributed by atoms with Crippen molar-refractivity contribution in [3.05, 3.63) is 64.7 Å². The molecule has 0 aliphatic carbocycles. The van der Waals surface area contributed by atoms with Gasteiger partial charge in [0.2, 0.25) is 5.91 Å². The highest BCUT2D eigenvalue weighted by atomic mass is 35.5. The molecule has 0 saturated carbocycles. The summed E-state index contributed by atoms with van der Waals surface area (Å²) in [5.74, 6) is -0.553. The first-order valence-corrected chi connectivity index (χ1v) is 9.38. The summed E-state index contributed by atoms with van der Waals surface area (Å²) in [7, 11) is 0. The molecular weight excluding hydrogens is 394 g/mol. The van der Waals surface area contributed by atoms with Crippen LogP contribution in [-0.4, -0.2) is 24.3 Å². The van der Waals surface area contributed by atoms with E-state index < -0.39 is 17.2 Å². The van der Waals surface area contributed by atoms with Crippen LogP contribution in [0.4, 0.5) is 0 Å². The largest absolute Gasteiger partial charge is 0.489 e. The number of amides is 3. The van der Waals surface area contributed by atoms with Crippen LogP contribution >= 0.6 is 11.6 Å². The second-order valence-electron chi connectivity index (χ2n) is 7.37. The SMILES string of the molecule is CC(C)(C)C(=O)NCC(=O)NNC(=O)c1ccc(COc2ccc(Cl)cc2)cc1. The molecule has 0 saturated heterocycles. The minimum atomic E-state index is -0.595. The molecule has 0 aromatic heterocycles. The van der Waals surface area contributed by atoms with Gasteiger partial charge in [0.1, 0.15) is 12.4 Å². The molecule has 2 aromatic rings. The molecule has 0 heterocycles. The van der Waals surface area contributed by atoms with Gasteiger partial charge in [0.15, 0.2) is 0 Å². The molecule has 2 rings (SSSR count). The van der Waals surface area contributed by atoms with E-state index in [2.05, 4.69) is 16.2 Å². The second-order valence-corrected chi connectivity index (χ2v) is 7.81. The van der Waals surface area contributed by atoms with E-state index in [1.807, 2.05) is 0 Å². The molecule has 7 nitrogen and oxygen atoms in total.